The Hall–Kier alpha value is -2.82. The average molecular weight is 341 g/mol. The first-order chi connectivity index (χ1) is 12.0. The Morgan fingerprint density at radius 1 is 1.12 bits per heavy atom. The number of benzene rings is 2. The van der Waals surface area contributed by atoms with Crippen molar-refractivity contribution in [2.24, 2.45) is 0 Å². The highest BCUT2D eigenvalue weighted by Gasteiger charge is 2.15. The van der Waals surface area contributed by atoms with E-state index in [1.165, 1.54) is 7.11 Å². The van der Waals surface area contributed by atoms with E-state index in [4.69, 9.17) is 9.47 Å². The standard InChI is InChI=1S/C20H23NO4/c1-4-18(15-10-8-14(2)9-11-15)21-19(22)13-25-20(23)16-6-5-7-17(12-16)24-3/h5-12,18H,4,13H2,1-3H3,(H,21,22)/t18-/m0/s1. The van der Waals surface area contributed by atoms with Gasteiger partial charge in [0.1, 0.15) is 5.75 Å². The number of hydrogen-bond donors (Lipinski definition) is 1. The zero-order valence-corrected chi connectivity index (χ0v) is 14.7. The molecule has 0 aromatic heterocycles. The number of ether oxygens (including phenoxy) is 2. The second-order valence-corrected chi connectivity index (χ2v) is 5.75. The molecule has 0 saturated heterocycles. The maximum Gasteiger partial charge on any atom is 0.338 e. The molecule has 1 atom stereocenters. The third-order valence-corrected chi connectivity index (χ3v) is 3.86. The zero-order valence-electron chi connectivity index (χ0n) is 14.7. The zero-order chi connectivity index (χ0) is 18.2. The largest absolute Gasteiger partial charge is 0.497 e. The van der Waals surface area contributed by atoms with Crippen LogP contribution in [-0.2, 0) is 9.53 Å². The van der Waals surface area contributed by atoms with Crippen LogP contribution in [0.1, 0.15) is 40.9 Å². The van der Waals surface area contributed by atoms with Gasteiger partial charge in [-0.3, -0.25) is 4.79 Å². The van der Waals surface area contributed by atoms with E-state index in [1.54, 1.807) is 24.3 Å². The van der Waals surface area contributed by atoms with E-state index >= 15 is 0 Å². The molecule has 1 amide bonds. The fourth-order valence-electron chi connectivity index (χ4n) is 2.42. The Labute approximate surface area is 148 Å². The molecule has 0 unspecified atom stereocenters. The van der Waals surface area contributed by atoms with E-state index in [0.29, 0.717) is 11.3 Å². The fourth-order valence-corrected chi connectivity index (χ4v) is 2.42. The number of carbonyl (C=O) groups is 2. The van der Waals surface area contributed by atoms with Gasteiger partial charge < -0.3 is 14.8 Å². The molecule has 0 bridgehead atoms. The van der Waals surface area contributed by atoms with Gasteiger partial charge in [0.15, 0.2) is 6.61 Å². The van der Waals surface area contributed by atoms with Gasteiger partial charge in [-0.05, 0) is 37.1 Å². The van der Waals surface area contributed by atoms with Gasteiger partial charge in [0.2, 0.25) is 0 Å². The number of nitrogens with one attached hydrogen (secondary N) is 1. The molecule has 0 saturated carbocycles. The summed E-state index contributed by atoms with van der Waals surface area (Å²) >= 11 is 0. The lowest BCUT2D eigenvalue weighted by Gasteiger charge is -2.17. The Balaban J connectivity index is 1.90. The van der Waals surface area contributed by atoms with Crippen LogP contribution in [0.15, 0.2) is 48.5 Å². The molecule has 132 valence electrons. The first-order valence-corrected chi connectivity index (χ1v) is 8.20. The SMILES string of the molecule is CC[C@H](NC(=O)COC(=O)c1cccc(OC)c1)c1ccc(C)cc1. The molecule has 0 fully saturated rings. The molecule has 0 radical (unpaired) electrons. The highest BCUT2D eigenvalue weighted by atomic mass is 16.5. The van der Waals surface area contributed by atoms with Gasteiger partial charge in [-0.15, -0.1) is 0 Å². The van der Waals surface area contributed by atoms with E-state index < -0.39 is 5.97 Å². The number of esters is 1. The van der Waals surface area contributed by atoms with E-state index in [9.17, 15) is 9.59 Å². The van der Waals surface area contributed by atoms with Crippen molar-refractivity contribution >= 4 is 11.9 Å². The quantitative estimate of drug-likeness (QED) is 0.784. The van der Waals surface area contributed by atoms with Crippen molar-refractivity contribution < 1.29 is 19.1 Å². The molecule has 2 aromatic rings. The summed E-state index contributed by atoms with van der Waals surface area (Å²) in [5.74, 6) is -0.328. The molecular weight excluding hydrogens is 318 g/mol. The second kappa shape index (κ2) is 8.87. The molecule has 2 rings (SSSR count). The summed E-state index contributed by atoms with van der Waals surface area (Å²) in [6.07, 6.45) is 0.749. The number of carbonyl (C=O) groups excluding carboxylic acids is 2. The van der Waals surface area contributed by atoms with Crippen LogP contribution >= 0.6 is 0 Å². The van der Waals surface area contributed by atoms with Crippen molar-refractivity contribution in [3.63, 3.8) is 0 Å². The molecule has 25 heavy (non-hydrogen) atoms. The lowest BCUT2D eigenvalue weighted by Crippen LogP contribution is -2.32. The van der Waals surface area contributed by atoms with Crippen LogP contribution in [0, 0.1) is 6.92 Å². The topological polar surface area (TPSA) is 64.6 Å². The molecule has 0 spiro atoms. The minimum Gasteiger partial charge on any atom is -0.497 e. The van der Waals surface area contributed by atoms with Crippen molar-refractivity contribution in [3.05, 3.63) is 65.2 Å². The normalized spacial score (nSPS) is 11.5. The van der Waals surface area contributed by atoms with Crippen LogP contribution in [0.4, 0.5) is 0 Å². The summed E-state index contributed by atoms with van der Waals surface area (Å²) in [5.41, 5.74) is 2.54. The number of rotatable bonds is 7. The highest BCUT2D eigenvalue weighted by Crippen LogP contribution is 2.17. The number of aryl methyl sites for hydroxylation is 1. The number of amides is 1. The van der Waals surface area contributed by atoms with Gasteiger partial charge in [-0.25, -0.2) is 4.79 Å². The van der Waals surface area contributed by atoms with E-state index in [0.717, 1.165) is 17.5 Å². The summed E-state index contributed by atoms with van der Waals surface area (Å²) in [5, 5.41) is 2.89. The van der Waals surface area contributed by atoms with Crippen LogP contribution in [0.5, 0.6) is 5.75 Å². The van der Waals surface area contributed by atoms with Crippen molar-refractivity contribution in [1.29, 1.82) is 0 Å². The van der Waals surface area contributed by atoms with Gasteiger partial charge in [-0.1, -0.05) is 42.8 Å². The van der Waals surface area contributed by atoms with Gasteiger partial charge in [0, 0.05) is 0 Å². The molecule has 5 heteroatoms. The smallest absolute Gasteiger partial charge is 0.338 e. The monoisotopic (exact) mass is 341 g/mol. The Morgan fingerprint density at radius 3 is 2.48 bits per heavy atom. The third kappa shape index (κ3) is 5.35. The van der Waals surface area contributed by atoms with E-state index in [-0.39, 0.29) is 18.6 Å². The highest BCUT2D eigenvalue weighted by molar-refractivity contribution is 5.91. The fraction of sp³-hybridized carbons (Fsp3) is 0.300. The van der Waals surface area contributed by atoms with E-state index in [1.807, 2.05) is 38.1 Å². The third-order valence-electron chi connectivity index (χ3n) is 3.86. The Kier molecular flexibility index (Phi) is 6.57. The summed E-state index contributed by atoms with van der Waals surface area (Å²) in [4.78, 5) is 24.1. The van der Waals surface area contributed by atoms with Gasteiger partial charge in [-0.2, -0.15) is 0 Å². The predicted molar refractivity (Wildman–Crippen MR) is 95.6 cm³/mol. The second-order valence-electron chi connectivity index (χ2n) is 5.75. The van der Waals surface area contributed by atoms with Gasteiger partial charge in [0.05, 0.1) is 18.7 Å². The van der Waals surface area contributed by atoms with Crippen LogP contribution in [-0.4, -0.2) is 25.6 Å². The lowest BCUT2D eigenvalue weighted by molar-refractivity contribution is -0.125. The summed E-state index contributed by atoms with van der Waals surface area (Å²) in [7, 11) is 1.52. The predicted octanol–water partition coefficient (Wildman–Crippen LogP) is 3.43. The lowest BCUT2D eigenvalue weighted by atomic mass is 10.0. The van der Waals surface area contributed by atoms with Crippen LogP contribution in [0.2, 0.25) is 0 Å². The van der Waals surface area contributed by atoms with Gasteiger partial charge >= 0.3 is 5.97 Å². The Morgan fingerprint density at radius 2 is 1.84 bits per heavy atom. The molecule has 0 heterocycles. The van der Waals surface area contributed by atoms with Crippen molar-refractivity contribution in [3.8, 4) is 5.75 Å². The molecule has 1 N–H and O–H groups in total. The molecule has 5 nitrogen and oxygen atoms in total. The number of hydrogen-bond acceptors (Lipinski definition) is 4. The van der Waals surface area contributed by atoms with Crippen LogP contribution in [0.3, 0.4) is 0 Å². The van der Waals surface area contributed by atoms with Gasteiger partial charge in [0.25, 0.3) is 5.91 Å². The number of methoxy groups -OCH3 is 1. The summed E-state index contributed by atoms with van der Waals surface area (Å²) < 4.78 is 10.2. The first-order valence-electron chi connectivity index (χ1n) is 8.20. The molecule has 2 aromatic carbocycles. The van der Waals surface area contributed by atoms with Crippen molar-refractivity contribution in [1.82, 2.24) is 5.32 Å². The summed E-state index contributed by atoms with van der Waals surface area (Å²) in [6.45, 7) is 3.69. The maximum atomic E-state index is 12.1. The van der Waals surface area contributed by atoms with Crippen LogP contribution < -0.4 is 10.1 Å². The molecular formula is C20H23NO4. The minimum atomic E-state index is -0.558. The molecule has 0 aliphatic carbocycles. The van der Waals surface area contributed by atoms with Crippen molar-refractivity contribution in [2.75, 3.05) is 13.7 Å². The van der Waals surface area contributed by atoms with Crippen molar-refractivity contribution in [2.45, 2.75) is 26.3 Å². The maximum absolute atomic E-state index is 12.1. The first kappa shape index (κ1) is 18.5. The molecule has 0 aliphatic rings. The van der Waals surface area contributed by atoms with E-state index in [2.05, 4.69) is 5.32 Å². The van der Waals surface area contributed by atoms with Crippen LogP contribution in [0.25, 0.3) is 0 Å². The molecule has 0 aliphatic heterocycles. The Bertz CT molecular complexity index is 725. The summed E-state index contributed by atoms with van der Waals surface area (Å²) in [6, 6.07) is 14.5. The minimum absolute atomic E-state index is 0.108. The average Bonchev–Trinajstić information content (AvgIpc) is 2.65.